The SMILES string of the molecule is CC(NC(=O)CCNS(=O)(=O)c1cccs1)C(=O)O. The third-order valence-corrected chi connectivity index (χ3v) is 5.01. The Morgan fingerprint density at radius 1 is 1.47 bits per heavy atom. The molecule has 0 bridgehead atoms. The van der Waals surface area contributed by atoms with E-state index in [1.165, 1.54) is 13.0 Å². The molecule has 0 fully saturated rings. The smallest absolute Gasteiger partial charge is 0.325 e. The van der Waals surface area contributed by atoms with E-state index < -0.39 is 27.9 Å². The number of nitrogens with one attached hydrogen (secondary N) is 2. The molecule has 0 aliphatic carbocycles. The van der Waals surface area contributed by atoms with Crippen LogP contribution < -0.4 is 10.0 Å². The van der Waals surface area contributed by atoms with Crippen molar-refractivity contribution in [1.82, 2.24) is 10.0 Å². The summed E-state index contributed by atoms with van der Waals surface area (Å²) in [5.74, 6) is -1.67. The maximum absolute atomic E-state index is 11.7. The van der Waals surface area contributed by atoms with Crippen molar-refractivity contribution in [1.29, 1.82) is 0 Å². The van der Waals surface area contributed by atoms with Gasteiger partial charge in [0.15, 0.2) is 0 Å². The normalized spacial score (nSPS) is 12.9. The van der Waals surface area contributed by atoms with Crippen LogP contribution >= 0.6 is 11.3 Å². The Kier molecular flexibility index (Phi) is 5.45. The monoisotopic (exact) mass is 306 g/mol. The molecule has 7 nitrogen and oxygen atoms in total. The molecule has 1 atom stereocenters. The van der Waals surface area contributed by atoms with Crippen LogP contribution in [0.25, 0.3) is 0 Å². The molecule has 0 saturated carbocycles. The molecule has 0 saturated heterocycles. The minimum atomic E-state index is -3.59. The Balaban J connectivity index is 2.39. The number of carbonyl (C=O) groups is 2. The predicted molar refractivity (Wildman–Crippen MR) is 69.4 cm³/mol. The van der Waals surface area contributed by atoms with Crippen molar-refractivity contribution in [2.24, 2.45) is 0 Å². The van der Waals surface area contributed by atoms with Crippen molar-refractivity contribution in [3.05, 3.63) is 17.5 Å². The molecule has 1 heterocycles. The van der Waals surface area contributed by atoms with Crippen LogP contribution in [0.2, 0.25) is 0 Å². The summed E-state index contributed by atoms with van der Waals surface area (Å²) >= 11 is 1.07. The minimum absolute atomic E-state index is 0.0849. The van der Waals surface area contributed by atoms with Gasteiger partial charge < -0.3 is 10.4 Å². The van der Waals surface area contributed by atoms with Gasteiger partial charge in [-0.2, -0.15) is 0 Å². The average Bonchev–Trinajstić information content (AvgIpc) is 2.82. The maximum Gasteiger partial charge on any atom is 0.325 e. The first kappa shape index (κ1) is 15.6. The van der Waals surface area contributed by atoms with E-state index in [1.54, 1.807) is 11.4 Å². The third-order valence-electron chi connectivity index (χ3n) is 2.15. The zero-order valence-corrected chi connectivity index (χ0v) is 11.8. The lowest BCUT2D eigenvalue weighted by atomic mass is 10.3. The van der Waals surface area contributed by atoms with Crippen molar-refractivity contribution in [3.8, 4) is 0 Å². The summed E-state index contributed by atoms with van der Waals surface area (Å²) in [6.07, 6.45) is -0.123. The molecule has 3 N–H and O–H groups in total. The molecule has 1 aromatic heterocycles. The molecule has 1 rings (SSSR count). The molecule has 1 amide bonds. The highest BCUT2D eigenvalue weighted by Crippen LogP contribution is 2.14. The van der Waals surface area contributed by atoms with Crippen LogP contribution in [0.4, 0.5) is 0 Å². The highest BCUT2D eigenvalue weighted by molar-refractivity contribution is 7.91. The van der Waals surface area contributed by atoms with Gasteiger partial charge in [0.2, 0.25) is 15.9 Å². The Hall–Kier alpha value is -1.45. The second-order valence-electron chi connectivity index (χ2n) is 3.71. The van der Waals surface area contributed by atoms with E-state index in [-0.39, 0.29) is 17.2 Å². The zero-order chi connectivity index (χ0) is 14.5. The highest BCUT2D eigenvalue weighted by Gasteiger charge is 2.16. The van der Waals surface area contributed by atoms with Gasteiger partial charge in [-0.25, -0.2) is 13.1 Å². The number of carboxylic acids is 1. The highest BCUT2D eigenvalue weighted by atomic mass is 32.2. The van der Waals surface area contributed by atoms with Gasteiger partial charge in [0.25, 0.3) is 0 Å². The number of aliphatic carboxylic acids is 1. The number of carbonyl (C=O) groups excluding carboxylic acids is 1. The molecule has 9 heteroatoms. The number of amides is 1. The maximum atomic E-state index is 11.7. The van der Waals surface area contributed by atoms with E-state index in [9.17, 15) is 18.0 Å². The number of sulfonamides is 1. The second-order valence-corrected chi connectivity index (χ2v) is 6.65. The number of thiophene rings is 1. The van der Waals surface area contributed by atoms with Crippen LogP contribution in [0.15, 0.2) is 21.7 Å². The first-order chi connectivity index (χ1) is 8.83. The van der Waals surface area contributed by atoms with Crippen LogP contribution in [-0.4, -0.2) is 38.0 Å². The molecule has 0 radical (unpaired) electrons. The van der Waals surface area contributed by atoms with Gasteiger partial charge in [0, 0.05) is 13.0 Å². The quantitative estimate of drug-likeness (QED) is 0.656. The average molecular weight is 306 g/mol. The Labute approximate surface area is 114 Å². The molecule has 0 spiro atoms. The lowest BCUT2D eigenvalue weighted by molar-refractivity contribution is -0.141. The second kappa shape index (κ2) is 6.64. The zero-order valence-electron chi connectivity index (χ0n) is 10.1. The van der Waals surface area contributed by atoms with Crippen molar-refractivity contribution < 1.29 is 23.1 Å². The molecule has 0 aliphatic rings. The van der Waals surface area contributed by atoms with E-state index in [2.05, 4.69) is 10.0 Å². The van der Waals surface area contributed by atoms with Gasteiger partial charge in [0.1, 0.15) is 10.3 Å². The summed E-state index contributed by atoms with van der Waals surface area (Å²) in [5, 5.41) is 12.5. The van der Waals surface area contributed by atoms with E-state index >= 15 is 0 Å². The minimum Gasteiger partial charge on any atom is -0.480 e. The molecule has 1 aromatic rings. The summed E-state index contributed by atoms with van der Waals surface area (Å²) in [6.45, 7) is 1.24. The topological polar surface area (TPSA) is 113 Å². The fourth-order valence-electron chi connectivity index (χ4n) is 1.16. The van der Waals surface area contributed by atoms with Crippen molar-refractivity contribution in [3.63, 3.8) is 0 Å². The number of carboxylic acid groups (broad SMARTS) is 1. The molecule has 0 aromatic carbocycles. The van der Waals surface area contributed by atoms with Crippen molar-refractivity contribution >= 4 is 33.2 Å². The first-order valence-electron chi connectivity index (χ1n) is 5.38. The van der Waals surface area contributed by atoms with E-state index in [0.29, 0.717) is 0 Å². The van der Waals surface area contributed by atoms with E-state index in [0.717, 1.165) is 11.3 Å². The van der Waals surface area contributed by atoms with Crippen molar-refractivity contribution in [2.45, 2.75) is 23.6 Å². The summed E-state index contributed by atoms with van der Waals surface area (Å²) in [5.41, 5.74) is 0. The molecule has 106 valence electrons. The van der Waals surface area contributed by atoms with Crippen LogP contribution in [0.1, 0.15) is 13.3 Å². The molecule has 19 heavy (non-hydrogen) atoms. The summed E-state index contributed by atoms with van der Waals surface area (Å²) in [4.78, 5) is 21.8. The van der Waals surface area contributed by atoms with Crippen LogP contribution in [0.5, 0.6) is 0 Å². The largest absolute Gasteiger partial charge is 0.480 e. The van der Waals surface area contributed by atoms with E-state index in [1.807, 2.05) is 0 Å². The van der Waals surface area contributed by atoms with Gasteiger partial charge in [-0.05, 0) is 18.4 Å². The molecule has 1 unspecified atom stereocenters. The number of rotatable bonds is 7. The van der Waals surface area contributed by atoms with E-state index in [4.69, 9.17) is 5.11 Å². The number of hydrogen-bond acceptors (Lipinski definition) is 5. The third kappa shape index (κ3) is 4.97. The van der Waals surface area contributed by atoms with Crippen LogP contribution in [0.3, 0.4) is 0 Å². The van der Waals surface area contributed by atoms with Gasteiger partial charge in [-0.3, -0.25) is 9.59 Å². The van der Waals surface area contributed by atoms with Gasteiger partial charge in [-0.15, -0.1) is 11.3 Å². The van der Waals surface area contributed by atoms with Gasteiger partial charge >= 0.3 is 5.97 Å². The summed E-state index contributed by atoms with van der Waals surface area (Å²) < 4.78 is 25.8. The molecular weight excluding hydrogens is 292 g/mol. The fourth-order valence-corrected chi connectivity index (χ4v) is 3.23. The Bertz CT molecular complexity index is 538. The summed E-state index contributed by atoms with van der Waals surface area (Å²) in [6, 6.07) is 2.07. The van der Waals surface area contributed by atoms with Crippen LogP contribution in [0, 0.1) is 0 Å². The Morgan fingerprint density at radius 3 is 2.68 bits per heavy atom. The molecular formula is C10H14N2O5S2. The predicted octanol–water partition coefficient (Wildman–Crippen LogP) is 0.00580. The van der Waals surface area contributed by atoms with Gasteiger partial charge in [-0.1, -0.05) is 6.07 Å². The lowest BCUT2D eigenvalue weighted by Crippen LogP contribution is -2.39. The van der Waals surface area contributed by atoms with Crippen LogP contribution in [-0.2, 0) is 19.6 Å². The standard InChI is InChI=1S/C10H14N2O5S2/c1-7(10(14)15)12-8(13)4-5-11-19(16,17)9-3-2-6-18-9/h2-3,6-7,11H,4-5H2,1H3,(H,12,13)(H,14,15). The fraction of sp³-hybridized carbons (Fsp3) is 0.400. The molecule has 0 aliphatic heterocycles. The first-order valence-corrected chi connectivity index (χ1v) is 7.74. The number of hydrogen-bond donors (Lipinski definition) is 3. The van der Waals surface area contributed by atoms with Gasteiger partial charge in [0.05, 0.1) is 0 Å². The lowest BCUT2D eigenvalue weighted by Gasteiger charge is -2.09. The Morgan fingerprint density at radius 2 is 2.16 bits per heavy atom. The summed E-state index contributed by atoms with van der Waals surface area (Å²) in [7, 11) is -3.59. The van der Waals surface area contributed by atoms with Crippen molar-refractivity contribution in [2.75, 3.05) is 6.54 Å².